The molecule has 0 unspecified atom stereocenters. The molecule has 0 atom stereocenters. The van der Waals surface area contributed by atoms with Crippen molar-refractivity contribution in [2.45, 2.75) is 6.92 Å². The Kier molecular flexibility index (Phi) is 2.71. The minimum absolute atomic E-state index is 0.0451. The van der Waals surface area contributed by atoms with Crippen molar-refractivity contribution in [3.8, 4) is 23.1 Å². The molecule has 100 valence electrons. The lowest BCUT2D eigenvalue weighted by molar-refractivity contribution is -0.385. The van der Waals surface area contributed by atoms with Crippen molar-refractivity contribution >= 4 is 5.69 Å². The van der Waals surface area contributed by atoms with Crippen LogP contribution in [0.4, 0.5) is 5.69 Å². The Morgan fingerprint density at radius 3 is 2.90 bits per heavy atom. The predicted molar refractivity (Wildman–Crippen MR) is 66.5 cm³/mol. The number of rotatable bonds is 3. The normalized spacial score (nSPS) is 10.7. The molecule has 9 nitrogen and oxygen atoms in total. The van der Waals surface area contributed by atoms with Gasteiger partial charge in [-0.15, -0.1) is 0 Å². The van der Waals surface area contributed by atoms with E-state index in [2.05, 4.69) is 25.3 Å². The third kappa shape index (κ3) is 2.00. The van der Waals surface area contributed by atoms with Gasteiger partial charge in [0.2, 0.25) is 5.82 Å². The molecule has 0 saturated carbocycles. The third-order valence-electron chi connectivity index (χ3n) is 2.69. The van der Waals surface area contributed by atoms with Gasteiger partial charge in [0.1, 0.15) is 6.33 Å². The first-order chi connectivity index (χ1) is 9.65. The zero-order valence-electron chi connectivity index (χ0n) is 10.3. The SMILES string of the molecule is Cc1cc(-c2nc(-c3ncn[nH]3)no2)ccc1[N+](=O)[O-]. The van der Waals surface area contributed by atoms with Crippen molar-refractivity contribution < 1.29 is 9.45 Å². The second kappa shape index (κ2) is 4.53. The maximum absolute atomic E-state index is 10.8. The van der Waals surface area contributed by atoms with Crippen molar-refractivity contribution in [3.05, 3.63) is 40.2 Å². The van der Waals surface area contributed by atoms with E-state index in [1.165, 1.54) is 12.4 Å². The largest absolute Gasteiger partial charge is 0.334 e. The van der Waals surface area contributed by atoms with Crippen molar-refractivity contribution in [2.24, 2.45) is 0 Å². The molecule has 3 aromatic rings. The molecule has 0 spiro atoms. The smallest absolute Gasteiger partial charge is 0.272 e. The van der Waals surface area contributed by atoms with Gasteiger partial charge >= 0.3 is 0 Å². The quantitative estimate of drug-likeness (QED) is 0.568. The first-order valence-corrected chi connectivity index (χ1v) is 5.60. The summed E-state index contributed by atoms with van der Waals surface area (Å²) >= 11 is 0. The minimum atomic E-state index is -0.438. The number of aromatic amines is 1. The predicted octanol–water partition coefficient (Wildman–Crippen LogP) is 1.74. The van der Waals surface area contributed by atoms with Crippen LogP contribution >= 0.6 is 0 Å². The lowest BCUT2D eigenvalue weighted by Gasteiger charge is -1.98. The van der Waals surface area contributed by atoms with E-state index in [1.54, 1.807) is 19.1 Å². The van der Waals surface area contributed by atoms with Gasteiger partial charge in [-0.05, 0) is 19.1 Å². The molecule has 0 aliphatic heterocycles. The monoisotopic (exact) mass is 272 g/mol. The standard InChI is InChI=1S/C11H8N6O3/c1-6-4-7(2-3-8(6)17(18)19)11-14-10(16-20-11)9-12-5-13-15-9/h2-5H,1H3,(H,12,13,15). The van der Waals surface area contributed by atoms with Gasteiger partial charge in [-0.1, -0.05) is 5.16 Å². The van der Waals surface area contributed by atoms with Gasteiger partial charge in [0, 0.05) is 17.2 Å². The topological polar surface area (TPSA) is 124 Å². The Balaban J connectivity index is 1.98. The second-order valence-electron chi connectivity index (χ2n) is 4.02. The lowest BCUT2D eigenvalue weighted by Crippen LogP contribution is -1.92. The Labute approximate surface area is 111 Å². The first kappa shape index (κ1) is 12.0. The second-order valence-corrected chi connectivity index (χ2v) is 4.02. The summed E-state index contributed by atoms with van der Waals surface area (Å²) in [5.74, 6) is 0.918. The molecule has 1 aromatic carbocycles. The molecular weight excluding hydrogens is 264 g/mol. The van der Waals surface area contributed by atoms with Gasteiger partial charge in [0.25, 0.3) is 11.6 Å². The fourth-order valence-corrected chi connectivity index (χ4v) is 1.74. The number of aromatic nitrogens is 5. The molecule has 2 heterocycles. The van der Waals surface area contributed by atoms with Crippen molar-refractivity contribution in [3.63, 3.8) is 0 Å². The van der Waals surface area contributed by atoms with Crippen LogP contribution in [0.5, 0.6) is 0 Å². The number of nitrogens with zero attached hydrogens (tertiary/aromatic N) is 5. The number of H-pyrrole nitrogens is 1. The van der Waals surface area contributed by atoms with Crippen LogP contribution < -0.4 is 0 Å². The number of benzene rings is 1. The van der Waals surface area contributed by atoms with E-state index in [0.29, 0.717) is 17.0 Å². The molecule has 2 aromatic heterocycles. The van der Waals surface area contributed by atoms with Crippen molar-refractivity contribution in [1.29, 1.82) is 0 Å². The fraction of sp³-hybridized carbons (Fsp3) is 0.0909. The van der Waals surface area contributed by atoms with Gasteiger partial charge < -0.3 is 4.52 Å². The van der Waals surface area contributed by atoms with E-state index in [-0.39, 0.29) is 17.4 Å². The van der Waals surface area contributed by atoms with E-state index in [1.807, 2.05) is 0 Å². The summed E-state index contributed by atoms with van der Waals surface area (Å²) in [5, 5.41) is 20.8. The summed E-state index contributed by atoms with van der Waals surface area (Å²) in [6.45, 7) is 1.65. The van der Waals surface area contributed by atoms with Gasteiger partial charge in [-0.3, -0.25) is 15.2 Å². The zero-order chi connectivity index (χ0) is 14.1. The van der Waals surface area contributed by atoms with E-state index in [0.717, 1.165) is 0 Å². The molecule has 1 N–H and O–H groups in total. The van der Waals surface area contributed by atoms with Crippen LogP contribution in [0.15, 0.2) is 29.0 Å². The highest BCUT2D eigenvalue weighted by molar-refractivity contribution is 5.60. The Morgan fingerprint density at radius 2 is 2.25 bits per heavy atom. The Bertz CT molecular complexity index is 764. The van der Waals surface area contributed by atoms with E-state index in [4.69, 9.17) is 4.52 Å². The van der Waals surface area contributed by atoms with Crippen molar-refractivity contribution in [2.75, 3.05) is 0 Å². The van der Waals surface area contributed by atoms with Crippen LogP contribution in [0.3, 0.4) is 0 Å². The molecule has 0 saturated heterocycles. The maximum atomic E-state index is 10.8. The molecule has 0 radical (unpaired) electrons. The molecule has 0 amide bonds. The molecule has 0 aliphatic carbocycles. The van der Waals surface area contributed by atoms with Gasteiger partial charge in [0.05, 0.1) is 4.92 Å². The van der Waals surface area contributed by atoms with Crippen LogP contribution in [0, 0.1) is 17.0 Å². The van der Waals surface area contributed by atoms with Crippen LogP contribution in [-0.2, 0) is 0 Å². The van der Waals surface area contributed by atoms with E-state index >= 15 is 0 Å². The minimum Gasteiger partial charge on any atom is -0.334 e. The van der Waals surface area contributed by atoms with E-state index in [9.17, 15) is 10.1 Å². The van der Waals surface area contributed by atoms with Crippen molar-refractivity contribution in [1.82, 2.24) is 25.3 Å². The number of hydrogen-bond acceptors (Lipinski definition) is 7. The maximum Gasteiger partial charge on any atom is 0.272 e. The van der Waals surface area contributed by atoms with Gasteiger partial charge in [0.15, 0.2) is 5.82 Å². The van der Waals surface area contributed by atoms with Gasteiger partial charge in [-0.25, -0.2) is 4.98 Å². The zero-order valence-corrected chi connectivity index (χ0v) is 10.3. The summed E-state index contributed by atoms with van der Waals surface area (Å²) in [4.78, 5) is 18.4. The molecular formula is C11H8N6O3. The highest BCUT2D eigenvalue weighted by Gasteiger charge is 2.16. The number of nitro groups is 1. The van der Waals surface area contributed by atoms with E-state index < -0.39 is 4.92 Å². The molecule has 20 heavy (non-hydrogen) atoms. The lowest BCUT2D eigenvalue weighted by atomic mass is 10.1. The summed E-state index contributed by atoms with van der Waals surface area (Å²) in [7, 11) is 0. The average Bonchev–Trinajstić information content (AvgIpc) is 3.09. The molecule has 0 fully saturated rings. The Morgan fingerprint density at radius 1 is 1.40 bits per heavy atom. The number of nitro benzene ring substituents is 1. The van der Waals surface area contributed by atoms with Crippen LogP contribution in [-0.4, -0.2) is 30.2 Å². The number of aryl methyl sites for hydroxylation is 1. The molecule has 3 rings (SSSR count). The summed E-state index contributed by atoms with van der Waals surface area (Å²) in [5.41, 5.74) is 1.17. The highest BCUT2D eigenvalue weighted by atomic mass is 16.6. The molecule has 0 aliphatic rings. The number of nitrogens with one attached hydrogen (secondary N) is 1. The highest BCUT2D eigenvalue weighted by Crippen LogP contribution is 2.25. The molecule has 9 heteroatoms. The average molecular weight is 272 g/mol. The summed E-state index contributed by atoms with van der Waals surface area (Å²) in [6.07, 6.45) is 1.33. The van der Waals surface area contributed by atoms with Gasteiger partial charge in [-0.2, -0.15) is 10.1 Å². The van der Waals surface area contributed by atoms with Crippen LogP contribution in [0.2, 0.25) is 0 Å². The van der Waals surface area contributed by atoms with Crippen LogP contribution in [0.25, 0.3) is 23.1 Å². The molecule has 0 bridgehead atoms. The summed E-state index contributed by atoms with van der Waals surface area (Å²) in [6, 6.07) is 4.58. The number of hydrogen-bond donors (Lipinski definition) is 1. The first-order valence-electron chi connectivity index (χ1n) is 5.60. The summed E-state index contributed by atoms with van der Waals surface area (Å²) < 4.78 is 5.11. The van der Waals surface area contributed by atoms with Crippen LogP contribution in [0.1, 0.15) is 5.56 Å². The fourth-order valence-electron chi connectivity index (χ4n) is 1.74. The Hall–Kier alpha value is -3.10. The third-order valence-corrected chi connectivity index (χ3v) is 2.69.